The van der Waals surface area contributed by atoms with Crippen LogP contribution in [0.4, 0.5) is 4.79 Å². The first-order valence-corrected chi connectivity index (χ1v) is 6.17. The van der Waals surface area contributed by atoms with Crippen LogP contribution in [0, 0.1) is 0 Å². The van der Waals surface area contributed by atoms with Gasteiger partial charge in [0.15, 0.2) is 0 Å². The molecule has 0 fully saturated rings. The number of para-hydroxylation sites is 2. The number of hydrogen-bond acceptors (Lipinski definition) is 4. The van der Waals surface area contributed by atoms with Crippen molar-refractivity contribution in [2.24, 2.45) is 0 Å². The van der Waals surface area contributed by atoms with E-state index < -0.39 is 6.09 Å². The van der Waals surface area contributed by atoms with Gasteiger partial charge in [-0.25, -0.2) is 19.9 Å². The summed E-state index contributed by atoms with van der Waals surface area (Å²) in [5.41, 5.74) is 3.77. The van der Waals surface area contributed by atoms with Crippen LogP contribution >= 0.6 is 0 Å². The molecule has 1 N–H and O–H groups in total. The summed E-state index contributed by atoms with van der Waals surface area (Å²) in [5, 5.41) is 0. The Balaban J connectivity index is 2.50. The van der Waals surface area contributed by atoms with Gasteiger partial charge in [-0.1, -0.05) is 12.1 Å². The maximum Gasteiger partial charge on any atom is 0.426 e. The Labute approximate surface area is 116 Å². The number of imidazole rings is 1. The highest BCUT2D eigenvalue weighted by atomic mass is 16.6. The summed E-state index contributed by atoms with van der Waals surface area (Å²) in [7, 11) is 3.24. The van der Waals surface area contributed by atoms with E-state index in [0.717, 1.165) is 0 Å². The third kappa shape index (κ3) is 2.56. The van der Waals surface area contributed by atoms with E-state index in [1.165, 1.54) is 9.58 Å². The molecule has 2 rings (SSSR count). The van der Waals surface area contributed by atoms with Gasteiger partial charge in [0, 0.05) is 14.1 Å². The fraction of sp³-hybridized carbons (Fsp3) is 0.308. The minimum Gasteiger partial charge on any atom is -0.449 e. The van der Waals surface area contributed by atoms with Crippen LogP contribution in [-0.4, -0.2) is 47.3 Å². The van der Waals surface area contributed by atoms with E-state index in [2.05, 4.69) is 10.4 Å². The summed E-state index contributed by atoms with van der Waals surface area (Å²) in [6.07, 6.45) is -0.636. The SMILES string of the molecule is CCOC(=O)Nn1c(C(=O)N(C)C)nc2ccccc21. The van der Waals surface area contributed by atoms with Crippen molar-refractivity contribution in [3.05, 3.63) is 30.1 Å². The Morgan fingerprint density at radius 1 is 1.35 bits per heavy atom. The van der Waals surface area contributed by atoms with Crippen LogP contribution in [0.1, 0.15) is 17.5 Å². The van der Waals surface area contributed by atoms with Crippen molar-refractivity contribution in [2.45, 2.75) is 6.92 Å². The lowest BCUT2D eigenvalue weighted by Crippen LogP contribution is -2.31. The summed E-state index contributed by atoms with van der Waals surface area (Å²) in [6, 6.07) is 7.15. The zero-order valence-electron chi connectivity index (χ0n) is 11.6. The summed E-state index contributed by atoms with van der Waals surface area (Å²) in [6.45, 7) is 1.95. The van der Waals surface area contributed by atoms with Crippen LogP contribution in [0.25, 0.3) is 11.0 Å². The number of amides is 2. The van der Waals surface area contributed by atoms with Gasteiger partial charge in [-0.05, 0) is 19.1 Å². The molecule has 0 unspecified atom stereocenters. The fourth-order valence-corrected chi connectivity index (χ4v) is 1.74. The number of ether oxygens (including phenoxy) is 1. The van der Waals surface area contributed by atoms with Crippen LogP contribution in [0.3, 0.4) is 0 Å². The first kappa shape index (κ1) is 13.9. The molecule has 0 atom stereocenters. The van der Waals surface area contributed by atoms with Crippen LogP contribution in [-0.2, 0) is 4.74 Å². The number of benzene rings is 1. The Bertz CT molecular complexity index is 648. The molecule has 1 aromatic heterocycles. The molecule has 0 radical (unpaired) electrons. The molecule has 20 heavy (non-hydrogen) atoms. The van der Waals surface area contributed by atoms with E-state index in [1.54, 1.807) is 39.2 Å². The minimum atomic E-state index is -0.636. The lowest BCUT2D eigenvalue weighted by atomic mass is 10.3. The number of fused-ring (bicyclic) bond motifs is 1. The third-order valence-corrected chi connectivity index (χ3v) is 2.64. The maximum absolute atomic E-state index is 12.1. The zero-order chi connectivity index (χ0) is 14.7. The summed E-state index contributed by atoms with van der Waals surface area (Å²) in [4.78, 5) is 29.4. The van der Waals surface area contributed by atoms with E-state index in [1.807, 2.05) is 6.07 Å². The molecule has 2 aromatic rings. The van der Waals surface area contributed by atoms with Gasteiger partial charge in [-0.15, -0.1) is 0 Å². The molecule has 0 saturated carbocycles. The predicted octanol–water partition coefficient (Wildman–Crippen LogP) is 1.44. The molecule has 2 amide bonds. The van der Waals surface area contributed by atoms with Crippen LogP contribution in [0.5, 0.6) is 0 Å². The number of carbonyl (C=O) groups is 2. The summed E-state index contributed by atoms with van der Waals surface area (Å²) < 4.78 is 6.18. The van der Waals surface area contributed by atoms with E-state index in [9.17, 15) is 9.59 Å². The number of aromatic nitrogens is 2. The largest absolute Gasteiger partial charge is 0.449 e. The van der Waals surface area contributed by atoms with Crippen LogP contribution in [0.2, 0.25) is 0 Å². The highest BCUT2D eigenvalue weighted by Gasteiger charge is 2.20. The zero-order valence-corrected chi connectivity index (χ0v) is 11.6. The van der Waals surface area contributed by atoms with Crippen molar-refractivity contribution >= 4 is 23.0 Å². The quantitative estimate of drug-likeness (QED) is 0.920. The van der Waals surface area contributed by atoms with Gasteiger partial charge in [0.25, 0.3) is 5.91 Å². The fourth-order valence-electron chi connectivity index (χ4n) is 1.74. The van der Waals surface area contributed by atoms with Gasteiger partial charge in [0.1, 0.15) is 0 Å². The monoisotopic (exact) mass is 276 g/mol. The van der Waals surface area contributed by atoms with Crippen molar-refractivity contribution in [2.75, 3.05) is 26.1 Å². The van der Waals surface area contributed by atoms with Crippen molar-refractivity contribution in [1.82, 2.24) is 14.6 Å². The van der Waals surface area contributed by atoms with Crippen molar-refractivity contribution in [1.29, 1.82) is 0 Å². The lowest BCUT2D eigenvalue weighted by molar-refractivity contribution is 0.0813. The Hall–Kier alpha value is -2.57. The second kappa shape index (κ2) is 5.60. The number of hydrogen-bond donors (Lipinski definition) is 1. The molecule has 106 valence electrons. The average Bonchev–Trinajstić information content (AvgIpc) is 2.77. The van der Waals surface area contributed by atoms with Gasteiger partial charge in [-0.3, -0.25) is 4.79 Å². The molecule has 0 aliphatic heterocycles. The van der Waals surface area contributed by atoms with Gasteiger partial charge in [0.2, 0.25) is 5.82 Å². The van der Waals surface area contributed by atoms with Crippen LogP contribution < -0.4 is 5.43 Å². The van der Waals surface area contributed by atoms with Crippen molar-refractivity contribution in [3.8, 4) is 0 Å². The molecule has 7 nitrogen and oxygen atoms in total. The second-order valence-corrected chi connectivity index (χ2v) is 4.29. The lowest BCUT2D eigenvalue weighted by Gasteiger charge is -2.13. The predicted molar refractivity (Wildman–Crippen MR) is 74.1 cm³/mol. The van der Waals surface area contributed by atoms with Gasteiger partial charge < -0.3 is 9.64 Å². The van der Waals surface area contributed by atoms with E-state index in [4.69, 9.17) is 4.74 Å². The molecular formula is C13H16N4O3. The average molecular weight is 276 g/mol. The Morgan fingerprint density at radius 2 is 2.05 bits per heavy atom. The summed E-state index contributed by atoms with van der Waals surface area (Å²) in [5.74, 6) is -0.178. The Kier molecular flexibility index (Phi) is 3.88. The highest BCUT2D eigenvalue weighted by Crippen LogP contribution is 2.15. The van der Waals surface area contributed by atoms with Gasteiger partial charge >= 0.3 is 6.09 Å². The normalized spacial score (nSPS) is 10.3. The topological polar surface area (TPSA) is 76.5 Å². The Morgan fingerprint density at radius 3 is 2.70 bits per heavy atom. The molecule has 0 bridgehead atoms. The number of nitrogens with one attached hydrogen (secondary N) is 1. The number of rotatable bonds is 3. The van der Waals surface area contributed by atoms with Crippen molar-refractivity contribution in [3.63, 3.8) is 0 Å². The van der Waals surface area contributed by atoms with E-state index >= 15 is 0 Å². The first-order chi connectivity index (χ1) is 9.54. The van der Waals surface area contributed by atoms with E-state index in [0.29, 0.717) is 11.0 Å². The molecule has 0 aliphatic carbocycles. The van der Waals surface area contributed by atoms with Crippen LogP contribution in [0.15, 0.2) is 24.3 Å². The van der Waals surface area contributed by atoms with Gasteiger partial charge in [-0.2, -0.15) is 0 Å². The van der Waals surface area contributed by atoms with Gasteiger partial charge in [0.05, 0.1) is 17.6 Å². The first-order valence-electron chi connectivity index (χ1n) is 6.17. The van der Waals surface area contributed by atoms with E-state index in [-0.39, 0.29) is 18.3 Å². The molecular weight excluding hydrogens is 260 g/mol. The molecule has 0 aliphatic rings. The molecule has 7 heteroatoms. The number of carbonyl (C=O) groups excluding carboxylic acids is 2. The second-order valence-electron chi connectivity index (χ2n) is 4.29. The standard InChI is InChI=1S/C13H16N4O3/c1-4-20-13(19)15-17-10-8-6-5-7-9(10)14-11(17)12(18)16(2)3/h5-8H,4H2,1-3H3,(H,15,19). The molecule has 1 aromatic carbocycles. The highest BCUT2D eigenvalue weighted by molar-refractivity contribution is 5.96. The maximum atomic E-state index is 12.1. The molecule has 1 heterocycles. The van der Waals surface area contributed by atoms with Crippen molar-refractivity contribution < 1.29 is 14.3 Å². The minimum absolute atomic E-state index is 0.129. The molecule has 0 saturated heterocycles. The summed E-state index contributed by atoms with van der Waals surface area (Å²) >= 11 is 0. The third-order valence-electron chi connectivity index (χ3n) is 2.64. The number of nitrogens with zero attached hydrogens (tertiary/aromatic N) is 3. The smallest absolute Gasteiger partial charge is 0.426 e. The molecule has 0 spiro atoms.